The number of hydrogen-bond acceptors (Lipinski definition) is 4. The Morgan fingerprint density at radius 3 is 2.62 bits per heavy atom. The summed E-state index contributed by atoms with van der Waals surface area (Å²) in [5.41, 5.74) is 0.842. The first-order valence-corrected chi connectivity index (χ1v) is 8.54. The number of pyridine rings is 1. The number of hydrogen-bond donors (Lipinski definition) is 2. The standard InChI is InChI=1S/C18H26N2O4/c1-3-24-11-10-18(8-4-5-9-18)12-19-16(21)15-7-6-14(17(22)23)13(2)20-15/h6-7H,3-5,8-12H2,1-2H3,(H,19,21)(H,22,23). The Balaban J connectivity index is 1.98. The highest BCUT2D eigenvalue weighted by Crippen LogP contribution is 2.40. The van der Waals surface area contributed by atoms with E-state index in [2.05, 4.69) is 10.3 Å². The van der Waals surface area contributed by atoms with E-state index in [9.17, 15) is 9.59 Å². The van der Waals surface area contributed by atoms with Gasteiger partial charge in [-0.1, -0.05) is 12.8 Å². The fourth-order valence-corrected chi connectivity index (χ4v) is 3.35. The van der Waals surface area contributed by atoms with Crippen molar-refractivity contribution in [3.63, 3.8) is 0 Å². The number of rotatable bonds is 8. The average molecular weight is 334 g/mol. The smallest absolute Gasteiger partial charge is 0.337 e. The van der Waals surface area contributed by atoms with Crippen molar-refractivity contribution in [1.82, 2.24) is 10.3 Å². The molecule has 1 aromatic rings. The quantitative estimate of drug-likeness (QED) is 0.714. The van der Waals surface area contributed by atoms with Crippen molar-refractivity contribution in [2.45, 2.75) is 46.0 Å². The molecule has 0 atom stereocenters. The minimum Gasteiger partial charge on any atom is -0.478 e. The zero-order valence-electron chi connectivity index (χ0n) is 14.4. The van der Waals surface area contributed by atoms with Crippen LogP contribution in [0.25, 0.3) is 0 Å². The zero-order valence-corrected chi connectivity index (χ0v) is 14.4. The molecular weight excluding hydrogens is 308 g/mol. The van der Waals surface area contributed by atoms with Gasteiger partial charge in [-0.15, -0.1) is 0 Å². The van der Waals surface area contributed by atoms with Gasteiger partial charge in [-0.25, -0.2) is 9.78 Å². The third kappa shape index (κ3) is 4.54. The van der Waals surface area contributed by atoms with Crippen LogP contribution in [-0.4, -0.2) is 41.7 Å². The molecule has 6 heteroatoms. The summed E-state index contributed by atoms with van der Waals surface area (Å²) in [5, 5.41) is 12.0. The van der Waals surface area contributed by atoms with Gasteiger partial charge in [0.1, 0.15) is 5.69 Å². The van der Waals surface area contributed by atoms with Gasteiger partial charge in [-0.2, -0.15) is 0 Å². The molecule has 0 aliphatic heterocycles. The van der Waals surface area contributed by atoms with E-state index in [0.717, 1.165) is 25.9 Å². The molecule has 1 aromatic heterocycles. The second-order valence-electron chi connectivity index (χ2n) is 6.47. The lowest BCUT2D eigenvalue weighted by Gasteiger charge is -2.29. The van der Waals surface area contributed by atoms with Crippen molar-refractivity contribution in [3.8, 4) is 0 Å². The Kier molecular flexibility index (Phi) is 6.31. The summed E-state index contributed by atoms with van der Waals surface area (Å²) < 4.78 is 5.48. The van der Waals surface area contributed by atoms with Crippen LogP contribution in [0.5, 0.6) is 0 Å². The van der Waals surface area contributed by atoms with Gasteiger partial charge in [0.15, 0.2) is 0 Å². The molecule has 6 nitrogen and oxygen atoms in total. The van der Waals surface area contributed by atoms with E-state index in [0.29, 0.717) is 18.8 Å². The lowest BCUT2D eigenvalue weighted by atomic mass is 9.83. The van der Waals surface area contributed by atoms with Gasteiger partial charge in [-0.3, -0.25) is 4.79 Å². The van der Waals surface area contributed by atoms with Crippen molar-refractivity contribution in [3.05, 3.63) is 29.1 Å². The van der Waals surface area contributed by atoms with Gasteiger partial charge >= 0.3 is 5.97 Å². The summed E-state index contributed by atoms with van der Waals surface area (Å²) in [4.78, 5) is 27.5. The molecule has 0 spiro atoms. The minimum absolute atomic E-state index is 0.112. The molecule has 0 saturated heterocycles. The highest BCUT2D eigenvalue weighted by Gasteiger charge is 2.34. The number of aromatic carboxylic acids is 1. The summed E-state index contributed by atoms with van der Waals surface area (Å²) in [7, 11) is 0. The molecule has 24 heavy (non-hydrogen) atoms. The monoisotopic (exact) mass is 334 g/mol. The van der Waals surface area contributed by atoms with E-state index < -0.39 is 5.97 Å². The highest BCUT2D eigenvalue weighted by molar-refractivity contribution is 5.94. The van der Waals surface area contributed by atoms with Crippen molar-refractivity contribution in [2.24, 2.45) is 5.41 Å². The van der Waals surface area contributed by atoms with Crippen LogP contribution in [0.3, 0.4) is 0 Å². The Morgan fingerprint density at radius 1 is 1.33 bits per heavy atom. The van der Waals surface area contributed by atoms with E-state index in [1.165, 1.54) is 25.0 Å². The third-order valence-corrected chi connectivity index (χ3v) is 4.82. The van der Waals surface area contributed by atoms with Crippen LogP contribution >= 0.6 is 0 Å². The number of aromatic nitrogens is 1. The second kappa shape index (κ2) is 8.24. The van der Waals surface area contributed by atoms with Crippen molar-refractivity contribution in [2.75, 3.05) is 19.8 Å². The number of carbonyl (C=O) groups is 2. The Morgan fingerprint density at radius 2 is 2.04 bits per heavy atom. The number of nitrogens with zero attached hydrogens (tertiary/aromatic N) is 1. The maximum atomic E-state index is 12.4. The van der Waals surface area contributed by atoms with Crippen molar-refractivity contribution < 1.29 is 19.4 Å². The lowest BCUT2D eigenvalue weighted by molar-refractivity contribution is 0.0694. The first-order chi connectivity index (χ1) is 11.5. The van der Waals surface area contributed by atoms with Crippen LogP contribution in [0.15, 0.2) is 12.1 Å². The number of nitrogens with one attached hydrogen (secondary N) is 1. The van der Waals surface area contributed by atoms with Crippen LogP contribution in [0.1, 0.15) is 65.6 Å². The summed E-state index contributed by atoms with van der Waals surface area (Å²) in [6.45, 7) is 5.62. The first kappa shape index (κ1) is 18.4. The summed E-state index contributed by atoms with van der Waals surface area (Å²) in [5.74, 6) is -1.29. The van der Waals surface area contributed by atoms with E-state index in [-0.39, 0.29) is 22.6 Å². The molecule has 0 unspecified atom stereocenters. The van der Waals surface area contributed by atoms with Crippen LogP contribution < -0.4 is 5.32 Å². The predicted octanol–water partition coefficient (Wildman–Crippen LogP) is 2.81. The van der Waals surface area contributed by atoms with Crippen molar-refractivity contribution >= 4 is 11.9 Å². The van der Waals surface area contributed by atoms with Gasteiger partial charge in [0.2, 0.25) is 0 Å². The molecule has 132 valence electrons. The molecule has 1 aliphatic carbocycles. The van der Waals surface area contributed by atoms with Gasteiger partial charge in [0, 0.05) is 19.8 Å². The normalized spacial score (nSPS) is 16.1. The largest absolute Gasteiger partial charge is 0.478 e. The third-order valence-electron chi connectivity index (χ3n) is 4.82. The van der Waals surface area contributed by atoms with E-state index >= 15 is 0 Å². The Hall–Kier alpha value is -1.95. The first-order valence-electron chi connectivity index (χ1n) is 8.54. The lowest BCUT2D eigenvalue weighted by Crippen LogP contribution is -2.37. The molecule has 2 rings (SSSR count). The minimum atomic E-state index is -1.03. The number of ether oxygens (including phenoxy) is 1. The highest BCUT2D eigenvalue weighted by atomic mass is 16.5. The van der Waals surface area contributed by atoms with Gasteiger partial charge < -0.3 is 15.2 Å². The average Bonchev–Trinajstić information content (AvgIpc) is 3.01. The Labute approximate surface area is 142 Å². The number of aryl methyl sites for hydroxylation is 1. The van der Waals surface area contributed by atoms with Crippen LogP contribution in [0, 0.1) is 12.3 Å². The molecule has 0 aromatic carbocycles. The molecule has 1 heterocycles. The van der Waals surface area contributed by atoms with Gasteiger partial charge in [0.05, 0.1) is 11.3 Å². The summed E-state index contributed by atoms with van der Waals surface area (Å²) in [6.07, 6.45) is 5.53. The van der Waals surface area contributed by atoms with Crippen LogP contribution in [0.2, 0.25) is 0 Å². The molecule has 1 fully saturated rings. The summed E-state index contributed by atoms with van der Waals surface area (Å²) >= 11 is 0. The predicted molar refractivity (Wildman–Crippen MR) is 90.3 cm³/mol. The topological polar surface area (TPSA) is 88.5 Å². The second-order valence-corrected chi connectivity index (χ2v) is 6.47. The molecule has 1 saturated carbocycles. The maximum Gasteiger partial charge on any atom is 0.337 e. The van der Waals surface area contributed by atoms with Gasteiger partial charge in [0.25, 0.3) is 5.91 Å². The number of carboxylic acids is 1. The number of carboxylic acid groups (broad SMARTS) is 1. The van der Waals surface area contributed by atoms with Crippen molar-refractivity contribution in [1.29, 1.82) is 0 Å². The zero-order chi connectivity index (χ0) is 17.6. The molecule has 1 amide bonds. The molecule has 1 aliphatic rings. The molecular formula is C18H26N2O4. The van der Waals surface area contributed by atoms with E-state index in [4.69, 9.17) is 9.84 Å². The molecule has 2 N–H and O–H groups in total. The number of carbonyl (C=O) groups excluding carboxylic acids is 1. The van der Waals surface area contributed by atoms with Gasteiger partial charge in [-0.05, 0) is 50.7 Å². The molecule has 0 bridgehead atoms. The fourth-order valence-electron chi connectivity index (χ4n) is 3.35. The fraction of sp³-hybridized carbons (Fsp3) is 0.611. The van der Waals surface area contributed by atoms with Crippen LogP contribution in [0.4, 0.5) is 0 Å². The summed E-state index contributed by atoms with van der Waals surface area (Å²) in [6, 6.07) is 2.90. The number of amides is 1. The van der Waals surface area contributed by atoms with E-state index in [1.54, 1.807) is 6.92 Å². The Bertz CT molecular complexity index is 595. The van der Waals surface area contributed by atoms with Crippen LogP contribution in [-0.2, 0) is 4.74 Å². The SMILES string of the molecule is CCOCCC1(CNC(=O)c2ccc(C(=O)O)c(C)n2)CCCC1. The molecule has 0 radical (unpaired) electrons. The maximum absolute atomic E-state index is 12.4. The van der Waals surface area contributed by atoms with E-state index in [1.807, 2.05) is 6.92 Å².